The van der Waals surface area contributed by atoms with Crippen molar-refractivity contribution in [2.75, 3.05) is 4.72 Å². The summed E-state index contributed by atoms with van der Waals surface area (Å²) >= 11 is 0. The third kappa shape index (κ3) is 3.35. The number of aromatic amines is 1. The Labute approximate surface area is 150 Å². The summed E-state index contributed by atoms with van der Waals surface area (Å²) < 4.78 is 44.0. The SMILES string of the molecule is O.O=S(Nc1ccc(F)c(-c2[nH]ncc2-c2ccncc2)c1F)C1CC1. The number of H-pyrrole nitrogens is 1. The molecule has 0 spiro atoms. The molecule has 136 valence electrons. The van der Waals surface area contributed by atoms with Crippen LogP contribution in [0.3, 0.4) is 0 Å². The molecule has 4 rings (SSSR count). The molecule has 9 heteroatoms. The van der Waals surface area contributed by atoms with Gasteiger partial charge in [0, 0.05) is 18.0 Å². The number of hydrogen-bond acceptors (Lipinski definition) is 3. The van der Waals surface area contributed by atoms with Gasteiger partial charge in [0.1, 0.15) is 16.8 Å². The maximum absolute atomic E-state index is 14.9. The normalized spacial score (nSPS) is 14.5. The average molecular weight is 378 g/mol. The number of benzene rings is 1. The second kappa shape index (κ2) is 7.30. The maximum atomic E-state index is 14.9. The molecule has 1 saturated carbocycles. The Morgan fingerprint density at radius 2 is 1.88 bits per heavy atom. The van der Waals surface area contributed by atoms with Crippen LogP contribution in [0.15, 0.2) is 42.9 Å². The fraction of sp³-hybridized carbons (Fsp3) is 0.176. The lowest BCUT2D eigenvalue weighted by Crippen LogP contribution is -2.11. The van der Waals surface area contributed by atoms with Crippen molar-refractivity contribution in [2.45, 2.75) is 18.1 Å². The molecule has 1 aliphatic rings. The van der Waals surface area contributed by atoms with Gasteiger partial charge in [-0.1, -0.05) is 0 Å². The van der Waals surface area contributed by atoms with Crippen molar-refractivity contribution in [3.8, 4) is 22.4 Å². The average Bonchev–Trinajstić information content (AvgIpc) is 3.37. The molecular weight excluding hydrogens is 362 g/mol. The Kier molecular flexibility index (Phi) is 5.10. The minimum atomic E-state index is -1.37. The Hall–Kier alpha value is -2.65. The molecule has 2 aromatic heterocycles. The van der Waals surface area contributed by atoms with Crippen LogP contribution in [0.25, 0.3) is 22.4 Å². The van der Waals surface area contributed by atoms with Gasteiger partial charge in [-0.25, -0.2) is 13.0 Å². The highest BCUT2D eigenvalue weighted by Crippen LogP contribution is 2.36. The first-order valence-corrected chi connectivity index (χ1v) is 8.96. The van der Waals surface area contributed by atoms with E-state index in [0.29, 0.717) is 5.56 Å². The van der Waals surface area contributed by atoms with Gasteiger partial charge in [0.15, 0.2) is 5.82 Å². The molecule has 1 atom stereocenters. The zero-order chi connectivity index (χ0) is 17.4. The van der Waals surface area contributed by atoms with Crippen LogP contribution in [0, 0.1) is 11.6 Å². The Morgan fingerprint density at radius 1 is 1.15 bits per heavy atom. The van der Waals surface area contributed by atoms with Crippen molar-refractivity contribution in [3.63, 3.8) is 0 Å². The van der Waals surface area contributed by atoms with Crippen LogP contribution in [0.2, 0.25) is 0 Å². The molecule has 0 bridgehead atoms. The van der Waals surface area contributed by atoms with Crippen LogP contribution >= 0.6 is 0 Å². The number of hydrogen-bond donors (Lipinski definition) is 2. The van der Waals surface area contributed by atoms with Crippen molar-refractivity contribution < 1.29 is 18.5 Å². The summed E-state index contributed by atoms with van der Waals surface area (Å²) in [7, 11) is -1.37. The highest BCUT2D eigenvalue weighted by Gasteiger charge is 2.30. The lowest BCUT2D eigenvalue weighted by molar-refractivity contribution is 0.591. The summed E-state index contributed by atoms with van der Waals surface area (Å²) in [6, 6.07) is 5.88. The summed E-state index contributed by atoms with van der Waals surface area (Å²) in [4.78, 5) is 3.94. The molecule has 6 nitrogen and oxygen atoms in total. The number of halogens is 2. The third-order valence-corrected chi connectivity index (χ3v) is 5.51. The molecule has 0 radical (unpaired) electrons. The molecule has 4 N–H and O–H groups in total. The second-order valence-corrected chi connectivity index (χ2v) is 7.24. The van der Waals surface area contributed by atoms with Gasteiger partial charge in [-0.3, -0.25) is 10.1 Å². The Bertz CT molecular complexity index is 945. The Balaban J connectivity index is 0.00000196. The van der Waals surface area contributed by atoms with Gasteiger partial charge < -0.3 is 10.2 Å². The molecule has 1 aliphatic carbocycles. The fourth-order valence-electron chi connectivity index (χ4n) is 2.56. The predicted molar refractivity (Wildman–Crippen MR) is 95.6 cm³/mol. The van der Waals surface area contributed by atoms with Crippen molar-refractivity contribution in [3.05, 3.63) is 54.5 Å². The van der Waals surface area contributed by atoms with Crippen molar-refractivity contribution in [1.82, 2.24) is 15.2 Å². The fourth-order valence-corrected chi connectivity index (χ4v) is 3.67. The number of nitrogens with zero attached hydrogens (tertiary/aromatic N) is 2. The van der Waals surface area contributed by atoms with E-state index in [9.17, 15) is 13.0 Å². The number of nitrogens with one attached hydrogen (secondary N) is 2. The quantitative estimate of drug-likeness (QED) is 0.713. The predicted octanol–water partition coefficient (Wildman–Crippen LogP) is 2.83. The van der Waals surface area contributed by atoms with Gasteiger partial charge in [-0.15, -0.1) is 0 Å². The molecule has 3 aromatic rings. The van der Waals surface area contributed by atoms with E-state index in [1.165, 1.54) is 12.3 Å². The minimum Gasteiger partial charge on any atom is -0.412 e. The molecule has 1 aromatic carbocycles. The van der Waals surface area contributed by atoms with Crippen molar-refractivity contribution in [1.29, 1.82) is 0 Å². The molecule has 1 fully saturated rings. The van der Waals surface area contributed by atoms with Crippen molar-refractivity contribution >= 4 is 16.7 Å². The van der Waals surface area contributed by atoms with E-state index in [1.54, 1.807) is 24.5 Å². The third-order valence-electron chi connectivity index (χ3n) is 4.01. The van der Waals surface area contributed by atoms with Gasteiger partial charge >= 0.3 is 0 Å². The van der Waals surface area contributed by atoms with E-state index in [0.717, 1.165) is 24.5 Å². The largest absolute Gasteiger partial charge is 0.412 e. The molecule has 0 aliphatic heterocycles. The van der Waals surface area contributed by atoms with Gasteiger partial charge in [-0.2, -0.15) is 5.10 Å². The standard InChI is InChI=1S/C17H14F2N4OS.H2O/c18-13-3-4-14(23-25(24)11-1-2-11)16(19)15(13)17-12(9-21-22-17)10-5-7-20-8-6-10;/h3-9,11,23H,1-2H2,(H,21,22);1H2. The highest BCUT2D eigenvalue weighted by atomic mass is 32.2. The smallest absolute Gasteiger partial charge is 0.159 e. The second-order valence-electron chi connectivity index (χ2n) is 5.78. The van der Waals surface area contributed by atoms with E-state index >= 15 is 0 Å². The summed E-state index contributed by atoms with van der Waals surface area (Å²) in [5.41, 5.74) is 1.29. The van der Waals surface area contributed by atoms with E-state index in [1.807, 2.05) is 0 Å². The molecule has 0 saturated heterocycles. The van der Waals surface area contributed by atoms with Gasteiger partial charge in [-0.05, 0) is 42.7 Å². The first kappa shape index (κ1) is 18.2. The van der Waals surface area contributed by atoms with Crippen LogP contribution in [-0.4, -0.2) is 30.1 Å². The maximum Gasteiger partial charge on any atom is 0.159 e. The Morgan fingerprint density at radius 3 is 2.58 bits per heavy atom. The van der Waals surface area contributed by atoms with Crippen LogP contribution < -0.4 is 4.72 Å². The van der Waals surface area contributed by atoms with Crippen LogP contribution in [-0.2, 0) is 11.0 Å². The first-order valence-electron chi connectivity index (χ1n) is 7.74. The molecular formula is C17H16F2N4O2S. The summed E-state index contributed by atoms with van der Waals surface area (Å²) in [5.74, 6) is -1.52. The minimum absolute atomic E-state index is 0. The topological polar surface area (TPSA) is 102 Å². The van der Waals surface area contributed by atoms with E-state index in [-0.39, 0.29) is 27.7 Å². The van der Waals surface area contributed by atoms with E-state index in [2.05, 4.69) is 19.9 Å². The van der Waals surface area contributed by atoms with Crippen LogP contribution in [0.1, 0.15) is 12.8 Å². The lowest BCUT2D eigenvalue weighted by Gasteiger charge is -2.11. The zero-order valence-electron chi connectivity index (χ0n) is 13.5. The van der Waals surface area contributed by atoms with E-state index in [4.69, 9.17) is 0 Å². The molecule has 1 unspecified atom stereocenters. The molecule has 0 amide bonds. The highest BCUT2D eigenvalue weighted by molar-refractivity contribution is 7.87. The molecule has 26 heavy (non-hydrogen) atoms. The van der Waals surface area contributed by atoms with Gasteiger partial charge in [0.05, 0.1) is 28.4 Å². The van der Waals surface area contributed by atoms with Crippen LogP contribution in [0.5, 0.6) is 0 Å². The molecule has 2 heterocycles. The number of rotatable bonds is 5. The number of aromatic nitrogens is 3. The van der Waals surface area contributed by atoms with Crippen LogP contribution in [0.4, 0.5) is 14.5 Å². The van der Waals surface area contributed by atoms with Crippen molar-refractivity contribution in [2.24, 2.45) is 0 Å². The number of pyridine rings is 1. The first-order chi connectivity index (χ1) is 12.1. The summed E-state index contributed by atoms with van der Waals surface area (Å²) in [6.07, 6.45) is 6.39. The monoisotopic (exact) mass is 378 g/mol. The van der Waals surface area contributed by atoms with Gasteiger partial charge in [0.2, 0.25) is 0 Å². The summed E-state index contributed by atoms with van der Waals surface area (Å²) in [6.45, 7) is 0. The number of anilines is 1. The lowest BCUT2D eigenvalue weighted by atomic mass is 10.0. The van der Waals surface area contributed by atoms with Gasteiger partial charge in [0.25, 0.3) is 0 Å². The zero-order valence-corrected chi connectivity index (χ0v) is 14.3. The van der Waals surface area contributed by atoms with E-state index < -0.39 is 22.6 Å². The summed E-state index contributed by atoms with van der Waals surface area (Å²) in [5, 5.41) is 6.63.